The van der Waals surface area contributed by atoms with Gasteiger partial charge >= 0.3 is 0 Å². The number of ketones is 1. The van der Waals surface area contributed by atoms with Crippen molar-refractivity contribution >= 4 is 23.3 Å². The van der Waals surface area contributed by atoms with Gasteiger partial charge in [0.15, 0.2) is 5.78 Å². The third-order valence-electron chi connectivity index (χ3n) is 10.3. The lowest BCUT2D eigenvalue weighted by molar-refractivity contribution is -0.224. The molecule has 7 heteroatoms. The molecule has 1 unspecified atom stereocenters. The number of hydrogen-bond acceptors (Lipinski definition) is 5. The van der Waals surface area contributed by atoms with Gasteiger partial charge in [-0.25, -0.2) is 0 Å². The highest BCUT2D eigenvalue weighted by molar-refractivity contribution is 6.31. The fourth-order valence-corrected chi connectivity index (χ4v) is 8.44. The van der Waals surface area contributed by atoms with Crippen LogP contribution >= 0.6 is 11.6 Å². The molecule has 3 N–H and O–H groups in total. The number of ether oxygens (including phenoxy) is 1. The molecule has 3 aliphatic carbocycles. The second kappa shape index (κ2) is 7.46. The molecular weight excluding hydrogens is 478 g/mol. The standard InChI is InChI=1S/C29H34ClNO5/c1-15-7-10-20-26(2,3)24(33)19(32)14-29(20)27(15,4)12-16-8-9-18-21(22(16)36-29)23(31-25(18)34)28(35)11-5-6-17(30)13-28/h5-6,8-9,13,15,19-20,23,32,35H,7,10-12,14H2,1-4H3,(H,31,34)/t15-,19+,20-,23+,27+,28?,29-/m0/s1. The monoisotopic (exact) mass is 511 g/mol. The number of halogens is 1. The summed E-state index contributed by atoms with van der Waals surface area (Å²) in [4.78, 5) is 26.2. The average Bonchev–Trinajstić information content (AvgIpc) is 3.15. The van der Waals surface area contributed by atoms with Crippen molar-refractivity contribution in [2.24, 2.45) is 22.7 Å². The van der Waals surface area contributed by atoms with Crippen LogP contribution in [0.1, 0.15) is 80.9 Å². The second-order valence-electron chi connectivity index (χ2n) is 12.5. The Morgan fingerprint density at radius 1 is 1.17 bits per heavy atom. The molecule has 2 aliphatic heterocycles. The molecule has 0 bridgehead atoms. The molecule has 5 aliphatic rings. The summed E-state index contributed by atoms with van der Waals surface area (Å²) < 4.78 is 7.15. The smallest absolute Gasteiger partial charge is 0.252 e. The summed E-state index contributed by atoms with van der Waals surface area (Å²) in [5.41, 5.74) is -1.11. The van der Waals surface area contributed by atoms with Crippen LogP contribution in [0.25, 0.3) is 0 Å². The number of amides is 1. The third kappa shape index (κ3) is 2.92. The number of fused-ring (bicyclic) bond motifs is 3. The van der Waals surface area contributed by atoms with Crippen molar-refractivity contribution < 1.29 is 24.5 Å². The van der Waals surface area contributed by atoms with Crippen LogP contribution in [0, 0.1) is 22.7 Å². The van der Waals surface area contributed by atoms with Crippen molar-refractivity contribution in [3.63, 3.8) is 0 Å². The van der Waals surface area contributed by atoms with Crippen molar-refractivity contribution in [3.05, 3.63) is 52.1 Å². The first-order valence-electron chi connectivity index (χ1n) is 13.0. The summed E-state index contributed by atoms with van der Waals surface area (Å²) in [6.07, 6.45) is 7.10. The second-order valence-corrected chi connectivity index (χ2v) is 12.9. The normalized spacial score (nSPS) is 42.4. The molecule has 6 rings (SSSR count). The first-order chi connectivity index (χ1) is 16.8. The van der Waals surface area contributed by atoms with Crippen LogP contribution in [-0.2, 0) is 11.2 Å². The summed E-state index contributed by atoms with van der Waals surface area (Å²) >= 11 is 6.27. The van der Waals surface area contributed by atoms with E-state index in [1.165, 1.54) is 0 Å². The minimum atomic E-state index is -1.40. The van der Waals surface area contributed by atoms with Crippen molar-refractivity contribution in [1.82, 2.24) is 5.32 Å². The lowest BCUT2D eigenvalue weighted by atomic mass is 9.43. The SMILES string of the molecule is C[C@H]1CC[C@H]2C(C)(C)C(=O)[C@H](O)C[C@]23Oc2c(ccc4c2[C@H](C2(O)C=C(Cl)C=CC2)NC4=O)C[C@]13C. The van der Waals surface area contributed by atoms with Gasteiger partial charge in [0.25, 0.3) is 5.91 Å². The Balaban J connectivity index is 1.55. The Morgan fingerprint density at radius 2 is 1.92 bits per heavy atom. The molecule has 1 spiro atoms. The summed E-state index contributed by atoms with van der Waals surface area (Å²) in [7, 11) is 0. The van der Waals surface area contributed by atoms with Crippen molar-refractivity contribution in [2.75, 3.05) is 0 Å². The topological polar surface area (TPSA) is 95.9 Å². The van der Waals surface area contributed by atoms with Gasteiger partial charge in [0, 0.05) is 45.7 Å². The van der Waals surface area contributed by atoms with Gasteiger partial charge in [0.1, 0.15) is 23.1 Å². The van der Waals surface area contributed by atoms with E-state index in [0.717, 1.165) is 18.4 Å². The third-order valence-corrected chi connectivity index (χ3v) is 10.6. The predicted octanol–water partition coefficient (Wildman–Crippen LogP) is 4.37. The average molecular weight is 512 g/mol. The highest BCUT2D eigenvalue weighted by Crippen LogP contribution is 2.66. The van der Waals surface area contributed by atoms with Crippen molar-refractivity contribution in [2.45, 2.75) is 83.1 Å². The minimum absolute atomic E-state index is 0.0790. The number of allylic oxidation sites excluding steroid dienone is 2. The molecule has 1 amide bonds. The number of hydrogen-bond donors (Lipinski definition) is 3. The zero-order valence-electron chi connectivity index (χ0n) is 21.2. The first kappa shape index (κ1) is 24.2. The van der Waals surface area contributed by atoms with Crippen LogP contribution in [0.3, 0.4) is 0 Å². The van der Waals surface area contributed by atoms with Gasteiger partial charge in [-0.1, -0.05) is 51.4 Å². The van der Waals surface area contributed by atoms with Gasteiger partial charge in [-0.2, -0.15) is 0 Å². The molecule has 6 nitrogen and oxygen atoms in total. The van der Waals surface area contributed by atoms with Crippen LogP contribution in [0.15, 0.2) is 35.4 Å². The first-order valence-corrected chi connectivity index (χ1v) is 13.4. The van der Waals surface area contributed by atoms with Crippen LogP contribution < -0.4 is 10.1 Å². The molecule has 7 atom stereocenters. The number of carbonyl (C=O) groups excluding carboxylic acids is 2. The van der Waals surface area contributed by atoms with Gasteiger partial charge < -0.3 is 20.3 Å². The van der Waals surface area contributed by atoms with E-state index < -0.39 is 28.8 Å². The van der Waals surface area contributed by atoms with Crippen LogP contribution in [0.5, 0.6) is 5.75 Å². The molecule has 1 aromatic carbocycles. The van der Waals surface area contributed by atoms with Gasteiger partial charge in [-0.3, -0.25) is 9.59 Å². The number of aliphatic hydroxyl groups excluding tert-OH is 1. The highest BCUT2D eigenvalue weighted by atomic mass is 35.5. The van der Waals surface area contributed by atoms with Crippen LogP contribution in [0.2, 0.25) is 0 Å². The van der Waals surface area contributed by atoms with Gasteiger partial charge in [-0.15, -0.1) is 0 Å². The summed E-state index contributed by atoms with van der Waals surface area (Å²) in [6.45, 7) is 8.36. The summed E-state index contributed by atoms with van der Waals surface area (Å²) in [5, 5.41) is 26.1. The van der Waals surface area contributed by atoms with E-state index in [1.807, 2.05) is 32.1 Å². The maximum atomic E-state index is 13.1. The van der Waals surface area contributed by atoms with E-state index >= 15 is 0 Å². The summed E-state index contributed by atoms with van der Waals surface area (Å²) in [6, 6.07) is 3.07. The molecule has 0 saturated heterocycles. The Morgan fingerprint density at radius 3 is 2.64 bits per heavy atom. The number of benzene rings is 1. The van der Waals surface area contributed by atoms with E-state index in [1.54, 1.807) is 12.2 Å². The Kier molecular flexibility index (Phi) is 5.01. The Hall–Kier alpha value is -2.15. The maximum Gasteiger partial charge on any atom is 0.252 e. The predicted molar refractivity (Wildman–Crippen MR) is 136 cm³/mol. The van der Waals surface area contributed by atoms with Crippen LogP contribution in [0.4, 0.5) is 0 Å². The van der Waals surface area contributed by atoms with E-state index in [4.69, 9.17) is 16.3 Å². The molecule has 2 saturated carbocycles. The van der Waals surface area contributed by atoms with E-state index in [-0.39, 0.29) is 29.4 Å². The fourth-order valence-electron chi connectivity index (χ4n) is 8.17. The zero-order chi connectivity index (χ0) is 25.8. The van der Waals surface area contributed by atoms with Gasteiger partial charge in [-0.05, 0) is 49.0 Å². The number of Topliss-reactive ketones (excluding diaryl/α,β-unsaturated/α-hetero) is 1. The van der Waals surface area contributed by atoms with Gasteiger partial charge in [0.2, 0.25) is 0 Å². The highest BCUT2D eigenvalue weighted by Gasteiger charge is 2.69. The molecule has 0 aromatic heterocycles. The molecule has 192 valence electrons. The maximum absolute atomic E-state index is 13.1. The number of nitrogens with one attached hydrogen (secondary N) is 1. The lowest BCUT2D eigenvalue weighted by Gasteiger charge is -2.66. The van der Waals surface area contributed by atoms with Crippen molar-refractivity contribution in [1.29, 1.82) is 0 Å². The minimum Gasteiger partial charge on any atom is -0.486 e. The molecular formula is C29H34ClNO5. The Labute approximate surface area is 216 Å². The molecule has 1 aromatic rings. The molecule has 36 heavy (non-hydrogen) atoms. The Bertz CT molecular complexity index is 1250. The van der Waals surface area contributed by atoms with E-state index in [2.05, 4.69) is 19.2 Å². The molecule has 2 fully saturated rings. The van der Waals surface area contributed by atoms with Crippen molar-refractivity contribution in [3.8, 4) is 5.75 Å². The quantitative estimate of drug-likeness (QED) is 0.520. The number of carbonyl (C=O) groups is 2. The molecule has 2 heterocycles. The number of rotatable bonds is 1. The zero-order valence-corrected chi connectivity index (χ0v) is 22.0. The largest absolute Gasteiger partial charge is 0.486 e. The van der Waals surface area contributed by atoms with E-state index in [9.17, 15) is 19.8 Å². The molecule has 0 radical (unpaired) electrons. The lowest BCUT2D eigenvalue weighted by Crippen LogP contribution is -2.72. The number of aliphatic hydroxyl groups is 2. The van der Waals surface area contributed by atoms with Gasteiger partial charge in [0.05, 0.1) is 6.04 Å². The summed E-state index contributed by atoms with van der Waals surface area (Å²) in [5.74, 6) is 0.464. The van der Waals surface area contributed by atoms with Crippen LogP contribution in [-0.4, -0.2) is 39.2 Å². The van der Waals surface area contributed by atoms with E-state index in [0.29, 0.717) is 40.7 Å². The fraction of sp³-hybridized carbons (Fsp3) is 0.586.